The monoisotopic (exact) mass is 497 g/mol. The molecule has 1 fully saturated rings. The third-order valence-corrected chi connectivity index (χ3v) is 7.32. The second kappa shape index (κ2) is 10.1. The van der Waals surface area contributed by atoms with Gasteiger partial charge in [0.25, 0.3) is 0 Å². The van der Waals surface area contributed by atoms with Crippen LogP contribution in [-0.4, -0.2) is 24.8 Å². The Hall–Kier alpha value is -4.13. The molecule has 37 heavy (non-hydrogen) atoms. The van der Waals surface area contributed by atoms with Gasteiger partial charge in [0.1, 0.15) is 5.75 Å². The molecule has 3 atom stereocenters. The number of hydrogen-bond donors (Lipinski definition) is 2. The van der Waals surface area contributed by atoms with Crippen molar-refractivity contribution in [3.8, 4) is 5.75 Å². The number of fused-ring (bicyclic) bond motifs is 1. The predicted molar refractivity (Wildman–Crippen MR) is 142 cm³/mol. The molecule has 190 valence electrons. The summed E-state index contributed by atoms with van der Waals surface area (Å²) in [6.45, 7) is 3.94. The summed E-state index contributed by atoms with van der Waals surface area (Å²) >= 11 is 0. The number of piperidine rings is 1. The second-order valence-corrected chi connectivity index (χ2v) is 9.80. The van der Waals surface area contributed by atoms with E-state index in [-0.39, 0.29) is 30.2 Å². The number of nitrogens with one attached hydrogen (secondary N) is 2. The number of amides is 3. The van der Waals surface area contributed by atoms with E-state index in [1.54, 1.807) is 12.0 Å². The van der Waals surface area contributed by atoms with E-state index in [1.807, 2.05) is 80.6 Å². The molecule has 3 unspecified atom stereocenters. The third kappa shape index (κ3) is 4.81. The van der Waals surface area contributed by atoms with Crippen LogP contribution in [0.1, 0.15) is 54.1 Å². The van der Waals surface area contributed by atoms with Crippen molar-refractivity contribution >= 4 is 29.1 Å². The van der Waals surface area contributed by atoms with Crippen molar-refractivity contribution < 1.29 is 19.1 Å². The fourth-order valence-electron chi connectivity index (χ4n) is 5.37. The van der Waals surface area contributed by atoms with Crippen LogP contribution in [0.4, 0.5) is 11.4 Å². The molecule has 0 radical (unpaired) electrons. The summed E-state index contributed by atoms with van der Waals surface area (Å²) in [5.41, 5.74) is 5.34. The van der Waals surface area contributed by atoms with Gasteiger partial charge >= 0.3 is 0 Å². The molecule has 3 aromatic carbocycles. The van der Waals surface area contributed by atoms with Gasteiger partial charge in [-0.2, -0.15) is 0 Å². The Morgan fingerprint density at radius 1 is 1.08 bits per heavy atom. The van der Waals surface area contributed by atoms with Crippen LogP contribution in [-0.2, 0) is 20.8 Å². The molecule has 3 aromatic rings. The first-order valence-electron chi connectivity index (χ1n) is 12.6. The molecule has 1 saturated heterocycles. The molecule has 2 N–H and O–H groups in total. The molecule has 0 bridgehead atoms. The normalized spacial score (nSPS) is 19.7. The van der Waals surface area contributed by atoms with E-state index in [2.05, 4.69) is 10.6 Å². The number of methoxy groups -OCH3 is 1. The van der Waals surface area contributed by atoms with Crippen LogP contribution in [0, 0.1) is 12.8 Å². The highest BCUT2D eigenvalue weighted by molar-refractivity contribution is 5.99. The average molecular weight is 498 g/mol. The van der Waals surface area contributed by atoms with E-state index < -0.39 is 12.0 Å². The molecule has 3 amide bonds. The lowest BCUT2D eigenvalue weighted by molar-refractivity contribution is -0.129. The van der Waals surface area contributed by atoms with Gasteiger partial charge in [0.15, 0.2) is 0 Å². The Bertz CT molecular complexity index is 1350. The number of rotatable bonds is 6. The van der Waals surface area contributed by atoms with Crippen molar-refractivity contribution in [2.75, 3.05) is 17.3 Å². The second-order valence-electron chi connectivity index (χ2n) is 9.80. The fourth-order valence-corrected chi connectivity index (χ4v) is 5.37. The Kier molecular flexibility index (Phi) is 6.70. The highest BCUT2D eigenvalue weighted by atomic mass is 16.5. The fraction of sp³-hybridized carbons (Fsp3) is 0.300. The summed E-state index contributed by atoms with van der Waals surface area (Å²) in [5.74, 6) is -0.00158. The van der Waals surface area contributed by atoms with Gasteiger partial charge in [-0.1, -0.05) is 48.0 Å². The predicted octanol–water partition coefficient (Wildman–Crippen LogP) is 4.86. The van der Waals surface area contributed by atoms with E-state index in [4.69, 9.17) is 4.74 Å². The quantitative estimate of drug-likeness (QED) is 0.509. The van der Waals surface area contributed by atoms with Gasteiger partial charge in [-0.15, -0.1) is 0 Å². The molecule has 0 aliphatic carbocycles. The van der Waals surface area contributed by atoms with Crippen molar-refractivity contribution in [2.24, 2.45) is 5.92 Å². The van der Waals surface area contributed by atoms with Crippen molar-refractivity contribution in [1.29, 1.82) is 0 Å². The molecule has 2 aliphatic rings. The lowest BCUT2D eigenvalue weighted by Crippen LogP contribution is -2.48. The van der Waals surface area contributed by atoms with Crippen molar-refractivity contribution in [3.05, 3.63) is 89.0 Å². The van der Waals surface area contributed by atoms with Crippen molar-refractivity contribution in [2.45, 2.75) is 45.2 Å². The number of aryl methyl sites for hydroxylation is 1. The zero-order chi connectivity index (χ0) is 26.1. The van der Waals surface area contributed by atoms with Gasteiger partial charge in [-0.25, -0.2) is 0 Å². The maximum absolute atomic E-state index is 13.8. The highest BCUT2D eigenvalue weighted by Crippen LogP contribution is 2.43. The van der Waals surface area contributed by atoms with Gasteiger partial charge in [0, 0.05) is 23.4 Å². The smallest absolute Gasteiger partial charge is 0.228 e. The van der Waals surface area contributed by atoms with E-state index in [0.717, 1.165) is 33.6 Å². The van der Waals surface area contributed by atoms with Crippen LogP contribution >= 0.6 is 0 Å². The molecule has 0 aromatic heterocycles. The number of benzene rings is 3. The number of nitrogens with zero attached hydrogens (tertiary/aromatic N) is 1. The topological polar surface area (TPSA) is 87.7 Å². The van der Waals surface area contributed by atoms with Gasteiger partial charge in [0.05, 0.1) is 31.5 Å². The Morgan fingerprint density at radius 3 is 2.59 bits per heavy atom. The molecule has 2 aliphatic heterocycles. The molecule has 5 rings (SSSR count). The number of para-hydroxylation sites is 1. The molecule has 7 heteroatoms. The van der Waals surface area contributed by atoms with Gasteiger partial charge < -0.3 is 20.3 Å². The largest absolute Gasteiger partial charge is 0.496 e. The zero-order valence-electron chi connectivity index (χ0n) is 21.3. The standard InChI is InChI=1S/C30H31N3O4/c1-18-8-11-22(12-9-18)33-28(35)15-13-24(29(33)23-6-4-5-7-26(23)37-3)30(36)31-19(2)20-10-14-25-21(16-20)17-27(34)32-25/h4-12,14,16,19,24,29H,13,15,17H2,1-3H3,(H,31,36)(H,32,34). The molecule has 0 spiro atoms. The summed E-state index contributed by atoms with van der Waals surface area (Å²) < 4.78 is 5.66. The van der Waals surface area contributed by atoms with Crippen LogP contribution < -0.4 is 20.3 Å². The number of carbonyl (C=O) groups excluding carboxylic acids is 3. The maximum Gasteiger partial charge on any atom is 0.228 e. The van der Waals surface area contributed by atoms with Crippen LogP contribution in [0.25, 0.3) is 0 Å². The van der Waals surface area contributed by atoms with E-state index in [1.165, 1.54) is 0 Å². The highest BCUT2D eigenvalue weighted by Gasteiger charge is 2.43. The number of anilines is 2. The van der Waals surface area contributed by atoms with Gasteiger partial charge in [0.2, 0.25) is 17.7 Å². The van der Waals surface area contributed by atoms with E-state index >= 15 is 0 Å². The van der Waals surface area contributed by atoms with Crippen molar-refractivity contribution in [1.82, 2.24) is 5.32 Å². The Balaban J connectivity index is 1.48. The van der Waals surface area contributed by atoms with Crippen LogP contribution in [0.5, 0.6) is 5.75 Å². The number of carbonyl (C=O) groups is 3. The molecule has 0 saturated carbocycles. The first-order chi connectivity index (χ1) is 17.9. The number of hydrogen-bond acceptors (Lipinski definition) is 4. The zero-order valence-corrected chi connectivity index (χ0v) is 21.3. The van der Waals surface area contributed by atoms with E-state index in [9.17, 15) is 14.4 Å². The molecule has 7 nitrogen and oxygen atoms in total. The van der Waals surface area contributed by atoms with Gasteiger partial charge in [-0.05, 0) is 55.7 Å². The minimum atomic E-state index is -0.519. The molecular formula is C30H31N3O4. The Labute approximate surface area is 216 Å². The molecule has 2 heterocycles. The minimum absolute atomic E-state index is 0.0207. The van der Waals surface area contributed by atoms with Gasteiger partial charge in [-0.3, -0.25) is 14.4 Å². The Morgan fingerprint density at radius 2 is 1.84 bits per heavy atom. The first kappa shape index (κ1) is 24.6. The SMILES string of the molecule is COc1ccccc1C1C(C(=O)NC(C)c2ccc3c(c2)CC(=O)N3)CCC(=O)N1c1ccc(C)cc1. The minimum Gasteiger partial charge on any atom is -0.496 e. The lowest BCUT2D eigenvalue weighted by Gasteiger charge is -2.41. The van der Waals surface area contributed by atoms with Crippen LogP contribution in [0.2, 0.25) is 0 Å². The number of ether oxygens (including phenoxy) is 1. The summed E-state index contributed by atoms with van der Waals surface area (Å²) in [7, 11) is 1.60. The average Bonchev–Trinajstić information content (AvgIpc) is 3.28. The summed E-state index contributed by atoms with van der Waals surface area (Å²) in [4.78, 5) is 40.7. The van der Waals surface area contributed by atoms with Crippen molar-refractivity contribution in [3.63, 3.8) is 0 Å². The summed E-state index contributed by atoms with van der Waals surface area (Å²) in [6.07, 6.45) is 1.06. The maximum atomic E-state index is 13.8. The lowest BCUT2D eigenvalue weighted by atomic mass is 9.82. The molecular weight excluding hydrogens is 466 g/mol. The summed E-state index contributed by atoms with van der Waals surface area (Å²) in [5, 5.41) is 6.02. The third-order valence-electron chi connectivity index (χ3n) is 7.32. The van der Waals surface area contributed by atoms with Crippen LogP contribution in [0.3, 0.4) is 0 Å². The van der Waals surface area contributed by atoms with E-state index in [0.29, 0.717) is 18.6 Å². The first-order valence-corrected chi connectivity index (χ1v) is 12.6. The summed E-state index contributed by atoms with van der Waals surface area (Å²) in [6, 6.07) is 20.4. The van der Waals surface area contributed by atoms with Crippen LogP contribution in [0.15, 0.2) is 66.7 Å².